The van der Waals surface area contributed by atoms with Gasteiger partial charge in [0.1, 0.15) is 5.75 Å². The number of carbonyl (C=O) groups is 1. The van der Waals surface area contributed by atoms with Gasteiger partial charge in [0.25, 0.3) is 0 Å². The van der Waals surface area contributed by atoms with Gasteiger partial charge in [0, 0.05) is 13.1 Å². The van der Waals surface area contributed by atoms with Crippen LogP contribution in [0.15, 0.2) is 34.7 Å². The van der Waals surface area contributed by atoms with E-state index < -0.39 is 10.0 Å². The molecular weight excluding hydrogens is 364 g/mol. The van der Waals surface area contributed by atoms with Crippen molar-refractivity contribution in [1.82, 2.24) is 4.31 Å². The SMILES string of the molecule is CCN(CC)S(=O)(=O)c1ccc(O)c(NC(=O)C2C(C=C(C)C)C2(C)C)c1. The Morgan fingerprint density at radius 2 is 1.85 bits per heavy atom. The third-order valence-corrected chi connectivity index (χ3v) is 7.32. The van der Waals surface area contributed by atoms with Crippen molar-refractivity contribution in [2.45, 2.75) is 46.4 Å². The predicted molar refractivity (Wildman–Crippen MR) is 107 cm³/mol. The topological polar surface area (TPSA) is 86.7 Å². The van der Waals surface area contributed by atoms with E-state index in [1.54, 1.807) is 13.8 Å². The predicted octanol–water partition coefficient (Wildman–Crippen LogP) is 3.60. The molecular formula is C20H30N2O4S. The van der Waals surface area contributed by atoms with Crippen molar-refractivity contribution < 1.29 is 18.3 Å². The van der Waals surface area contributed by atoms with Crippen LogP contribution in [0.2, 0.25) is 0 Å². The molecule has 150 valence electrons. The average Bonchev–Trinajstić information content (AvgIpc) is 3.09. The minimum Gasteiger partial charge on any atom is -0.506 e. The lowest BCUT2D eigenvalue weighted by Crippen LogP contribution is -2.30. The second-order valence-corrected chi connectivity index (χ2v) is 9.76. The number of benzene rings is 1. The maximum Gasteiger partial charge on any atom is 0.243 e. The quantitative estimate of drug-likeness (QED) is 0.546. The summed E-state index contributed by atoms with van der Waals surface area (Å²) in [5, 5.41) is 12.8. The standard InChI is InChI=1S/C20H30N2O4S/c1-7-22(8-2)27(25,26)14-9-10-17(23)16(12-14)21-19(24)18-15(11-13(3)4)20(18,5)6/h9-12,15,18,23H,7-8H2,1-6H3,(H,21,24). The Bertz CT molecular complexity index is 851. The Morgan fingerprint density at radius 3 is 2.37 bits per heavy atom. The van der Waals surface area contributed by atoms with Crippen molar-refractivity contribution in [3.8, 4) is 5.75 Å². The molecule has 0 aromatic heterocycles. The van der Waals surface area contributed by atoms with Gasteiger partial charge in [-0.15, -0.1) is 0 Å². The summed E-state index contributed by atoms with van der Waals surface area (Å²) in [4.78, 5) is 12.8. The van der Waals surface area contributed by atoms with Crippen LogP contribution in [0.4, 0.5) is 5.69 Å². The summed E-state index contributed by atoms with van der Waals surface area (Å²) in [6.45, 7) is 12.3. The molecule has 6 nitrogen and oxygen atoms in total. The highest BCUT2D eigenvalue weighted by atomic mass is 32.2. The number of aromatic hydroxyl groups is 1. The van der Waals surface area contributed by atoms with Crippen LogP contribution in [-0.2, 0) is 14.8 Å². The summed E-state index contributed by atoms with van der Waals surface area (Å²) < 4.78 is 26.7. The van der Waals surface area contributed by atoms with Crippen LogP contribution < -0.4 is 5.32 Å². The Kier molecular flexibility index (Phi) is 6.06. The van der Waals surface area contributed by atoms with Crippen LogP contribution in [0.5, 0.6) is 5.75 Å². The molecule has 1 amide bonds. The first kappa shape index (κ1) is 21.4. The van der Waals surface area contributed by atoms with Crippen molar-refractivity contribution >= 4 is 21.6 Å². The molecule has 7 heteroatoms. The zero-order valence-electron chi connectivity index (χ0n) is 16.9. The molecule has 2 N–H and O–H groups in total. The number of hydrogen-bond acceptors (Lipinski definition) is 4. The second kappa shape index (κ2) is 7.64. The van der Waals surface area contributed by atoms with Gasteiger partial charge in [0.2, 0.25) is 15.9 Å². The Balaban J connectivity index is 2.28. The number of nitrogens with zero attached hydrogens (tertiary/aromatic N) is 1. The molecule has 0 bridgehead atoms. The number of nitrogens with one attached hydrogen (secondary N) is 1. The van der Waals surface area contributed by atoms with Crippen LogP contribution in [0, 0.1) is 17.3 Å². The molecule has 0 saturated heterocycles. The van der Waals surface area contributed by atoms with Crippen LogP contribution in [-0.4, -0.2) is 36.8 Å². The van der Waals surface area contributed by atoms with Gasteiger partial charge >= 0.3 is 0 Å². The van der Waals surface area contributed by atoms with Gasteiger partial charge in [-0.1, -0.05) is 39.3 Å². The highest BCUT2D eigenvalue weighted by molar-refractivity contribution is 7.89. The molecule has 2 unspecified atom stereocenters. The minimum atomic E-state index is -3.67. The minimum absolute atomic E-state index is 0.0511. The number of phenolic OH excluding ortho intramolecular Hbond substituents is 1. The van der Waals surface area contributed by atoms with E-state index in [2.05, 4.69) is 11.4 Å². The van der Waals surface area contributed by atoms with E-state index in [-0.39, 0.29) is 39.5 Å². The van der Waals surface area contributed by atoms with Crippen LogP contribution in [0.3, 0.4) is 0 Å². The fourth-order valence-electron chi connectivity index (χ4n) is 3.55. The van der Waals surface area contributed by atoms with E-state index in [0.717, 1.165) is 5.57 Å². The summed E-state index contributed by atoms with van der Waals surface area (Å²) in [6.07, 6.45) is 2.09. The summed E-state index contributed by atoms with van der Waals surface area (Å²) in [7, 11) is -3.67. The fraction of sp³-hybridized carbons (Fsp3) is 0.550. The second-order valence-electron chi connectivity index (χ2n) is 7.83. The number of anilines is 1. The molecule has 1 aromatic carbocycles. The summed E-state index contributed by atoms with van der Waals surface area (Å²) in [5.41, 5.74) is 1.10. The molecule has 2 rings (SSSR count). The highest BCUT2D eigenvalue weighted by Gasteiger charge is 2.60. The largest absolute Gasteiger partial charge is 0.506 e. The van der Waals surface area contributed by atoms with Gasteiger partial charge in [-0.2, -0.15) is 4.31 Å². The van der Waals surface area contributed by atoms with Crippen LogP contribution in [0.25, 0.3) is 0 Å². The lowest BCUT2D eigenvalue weighted by molar-refractivity contribution is -0.118. The van der Waals surface area contributed by atoms with E-state index in [1.807, 2.05) is 27.7 Å². The Labute approximate surface area is 162 Å². The number of hydrogen-bond donors (Lipinski definition) is 2. The molecule has 1 fully saturated rings. The van der Waals surface area contributed by atoms with Gasteiger partial charge in [-0.05, 0) is 43.4 Å². The number of sulfonamides is 1. The summed E-state index contributed by atoms with van der Waals surface area (Å²) in [5.74, 6) is -0.448. The normalized spacial score (nSPS) is 21.0. The lowest BCUT2D eigenvalue weighted by atomic mass is 10.1. The van der Waals surface area contributed by atoms with Crippen LogP contribution in [0.1, 0.15) is 41.5 Å². The Morgan fingerprint density at radius 1 is 1.26 bits per heavy atom. The molecule has 27 heavy (non-hydrogen) atoms. The molecule has 1 aliphatic rings. The number of allylic oxidation sites excluding steroid dienone is 2. The zero-order valence-corrected chi connectivity index (χ0v) is 17.7. The van der Waals surface area contributed by atoms with E-state index in [0.29, 0.717) is 13.1 Å². The van der Waals surface area contributed by atoms with Gasteiger partial charge in [0.15, 0.2) is 0 Å². The van der Waals surface area contributed by atoms with E-state index in [9.17, 15) is 18.3 Å². The Hall–Kier alpha value is -1.86. The molecule has 2 atom stereocenters. The van der Waals surface area contributed by atoms with Crippen molar-refractivity contribution in [2.24, 2.45) is 17.3 Å². The maximum absolute atomic E-state index is 12.7. The number of phenols is 1. The third kappa shape index (κ3) is 4.19. The fourth-order valence-corrected chi connectivity index (χ4v) is 5.03. The smallest absolute Gasteiger partial charge is 0.243 e. The van der Waals surface area contributed by atoms with Gasteiger partial charge in [0.05, 0.1) is 16.5 Å². The average molecular weight is 395 g/mol. The zero-order chi connectivity index (χ0) is 20.6. The van der Waals surface area contributed by atoms with E-state index in [4.69, 9.17) is 0 Å². The van der Waals surface area contributed by atoms with Gasteiger partial charge in [-0.3, -0.25) is 4.79 Å². The first-order valence-corrected chi connectivity index (χ1v) is 10.7. The van der Waals surface area contributed by atoms with Crippen LogP contribution >= 0.6 is 0 Å². The first-order valence-electron chi connectivity index (χ1n) is 9.25. The van der Waals surface area contributed by atoms with Gasteiger partial charge < -0.3 is 10.4 Å². The molecule has 1 aliphatic carbocycles. The molecule has 0 radical (unpaired) electrons. The molecule has 1 saturated carbocycles. The van der Waals surface area contributed by atoms with Gasteiger partial charge in [-0.25, -0.2) is 8.42 Å². The summed E-state index contributed by atoms with van der Waals surface area (Å²) >= 11 is 0. The third-order valence-electron chi connectivity index (χ3n) is 5.28. The van der Waals surface area contributed by atoms with E-state index in [1.165, 1.54) is 22.5 Å². The molecule has 0 heterocycles. The highest BCUT2D eigenvalue weighted by Crippen LogP contribution is 2.59. The molecule has 1 aromatic rings. The first-order chi connectivity index (χ1) is 12.5. The summed E-state index contributed by atoms with van der Waals surface area (Å²) in [6, 6.07) is 3.98. The van der Waals surface area contributed by atoms with E-state index >= 15 is 0 Å². The lowest BCUT2D eigenvalue weighted by Gasteiger charge is -2.19. The monoisotopic (exact) mass is 394 g/mol. The van der Waals surface area contributed by atoms with Crippen molar-refractivity contribution in [3.05, 3.63) is 29.8 Å². The van der Waals surface area contributed by atoms with Crippen molar-refractivity contribution in [3.63, 3.8) is 0 Å². The molecule has 0 spiro atoms. The van der Waals surface area contributed by atoms with Crippen molar-refractivity contribution in [2.75, 3.05) is 18.4 Å². The maximum atomic E-state index is 12.7. The molecule has 0 aliphatic heterocycles. The number of carbonyl (C=O) groups excluding carboxylic acids is 1. The van der Waals surface area contributed by atoms with Crippen molar-refractivity contribution in [1.29, 1.82) is 0 Å². The number of amides is 1. The number of rotatable bonds is 7.